The molecule has 0 aliphatic heterocycles. The molecule has 1 aliphatic rings. The SMILES string of the molecule is CCOc1cc(CN(Cc2cc(C#N)ccc2F)C2CC2)ccc1OC(F)F. The summed E-state index contributed by atoms with van der Waals surface area (Å²) in [5, 5.41) is 9.05. The van der Waals surface area contributed by atoms with Crippen LogP contribution >= 0.6 is 0 Å². The molecule has 0 saturated heterocycles. The van der Waals surface area contributed by atoms with Crippen molar-refractivity contribution in [2.75, 3.05) is 6.61 Å². The van der Waals surface area contributed by atoms with Gasteiger partial charge in [0.15, 0.2) is 11.5 Å². The van der Waals surface area contributed by atoms with E-state index in [2.05, 4.69) is 9.64 Å². The highest BCUT2D eigenvalue weighted by Gasteiger charge is 2.30. The second-order valence-electron chi connectivity index (χ2n) is 6.65. The highest BCUT2D eigenvalue weighted by Crippen LogP contribution is 2.34. The number of nitriles is 1. The van der Waals surface area contributed by atoms with Gasteiger partial charge in [-0.3, -0.25) is 4.90 Å². The minimum atomic E-state index is -2.93. The molecule has 0 amide bonds. The summed E-state index contributed by atoms with van der Waals surface area (Å²) in [5.74, 6) is -0.0969. The summed E-state index contributed by atoms with van der Waals surface area (Å²) < 4.78 is 49.2. The van der Waals surface area contributed by atoms with E-state index in [0.717, 1.165) is 18.4 Å². The van der Waals surface area contributed by atoms with E-state index in [1.165, 1.54) is 18.2 Å². The molecule has 0 heterocycles. The molecule has 0 spiro atoms. The van der Waals surface area contributed by atoms with Crippen molar-refractivity contribution < 1.29 is 22.6 Å². The molecule has 1 fully saturated rings. The van der Waals surface area contributed by atoms with Crippen LogP contribution in [0, 0.1) is 17.1 Å². The van der Waals surface area contributed by atoms with Gasteiger partial charge in [0.1, 0.15) is 5.82 Å². The van der Waals surface area contributed by atoms with E-state index in [0.29, 0.717) is 36.9 Å². The Hall–Kier alpha value is -2.72. The molecule has 0 aromatic heterocycles. The average molecular weight is 390 g/mol. The van der Waals surface area contributed by atoms with Gasteiger partial charge >= 0.3 is 6.61 Å². The van der Waals surface area contributed by atoms with Crippen molar-refractivity contribution in [1.29, 1.82) is 5.26 Å². The summed E-state index contributed by atoms with van der Waals surface area (Å²) in [6.07, 6.45) is 2.04. The van der Waals surface area contributed by atoms with Gasteiger partial charge in [-0.1, -0.05) is 6.07 Å². The van der Waals surface area contributed by atoms with Crippen LogP contribution in [0.1, 0.15) is 36.5 Å². The second-order valence-corrected chi connectivity index (χ2v) is 6.65. The molecule has 4 nitrogen and oxygen atoms in total. The van der Waals surface area contributed by atoms with Gasteiger partial charge in [-0.15, -0.1) is 0 Å². The van der Waals surface area contributed by atoms with Crippen LogP contribution < -0.4 is 9.47 Å². The van der Waals surface area contributed by atoms with Crippen LogP contribution in [0.2, 0.25) is 0 Å². The lowest BCUT2D eigenvalue weighted by Gasteiger charge is -2.23. The molecule has 0 atom stereocenters. The lowest BCUT2D eigenvalue weighted by atomic mass is 10.1. The van der Waals surface area contributed by atoms with E-state index in [1.807, 2.05) is 6.07 Å². The molecule has 0 unspecified atom stereocenters. The van der Waals surface area contributed by atoms with Crippen molar-refractivity contribution in [2.24, 2.45) is 0 Å². The van der Waals surface area contributed by atoms with Crippen LogP contribution in [0.4, 0.5) is 13.2 Å². The molecule has 1 saturated carbocycles. The van der Waals surface area contributed by atoms with E-state index in [1.54, 1.807) is 25.1 Å². The Kier molecular flexibility index (Phi) is 6.42. The molecule has 1 aliphatic carbocycles. The molecule has 3 rings (SSSR count). The Morgan fingerprint density at radius 2 is 1.93 bits per heavy atom. The maximum Gasteiger partial charge on any atom is 0.387 e. The highest BCUT2D eigenvalue weighted by atomic mass is 19.3. The summed E-state index contributed by atoms with van der Waals surface area (Å²) in [4.78, 5) is 2.12. The maximum absolute atomic E-state index is 14.2. The van der Waals surface area contributed by atoms with E-state index in [4.69, 9.17) is 10.00 Å². The summed E-state index contributed by atoms with van der Waals surface area (Å²) >= 11 is 0. The topological polar surface area (TPSA) is 45.5 Å². The highest BCUT2D eigenvalue weighted by molar-refractivity contribution is 5.43. The largest absolute Gasteiger partial charge is 0.490 e. The average Bonchev–Trinajstić information content (AvgIpc) is 3.50. The first kappa shape index (κ1) is 20.0. The van der Waals surface area contributed by atoms with E-state index >= 15 is 0 Å². The third kappa shape index (κ3) is 5.17. The van der Waals surface area contributed by atoms with Crippen LogP contribution in [-0.4, -0.2) is 24.2 Å². The third-order valence-electron chi connectivity index (χ3n) is 4.52. The Balaban J connectivity index is 1.79. The molecule has 148 valence electrons. The Morgan fingerprint density at radius 1 is 1.14 bits per heavy atom. The fraction of sp³-hybridized carbons (Fsp3) is 0.381. The van der Waals surface area contributed by atoms with Crippen LogP contribution in [0.25, 0.3) is 0 Å². The molecule has 0 N–H and O–H groups in total. The van der Waals surface area contributed by atoms with Crippen molar-refractivity contribution in [1.82, 2.24) is 4.90 Å². The lowest BCUT2D eigenvalue weighted by Crippen LogP contribution is -2.25. The van der Waals surface area contributed by atoms with Crippen molar-refractivity contribution in [3.05, 3.63) is 58.9 Å². The minimum Gasteiger partial charge on any atom is -0.490 e. The molecular weight excluding hydrogens is 369 g/mol. The second kappa shape index (κ2) is 8.98. The van der Waals surface area contributed by atoms with Crippen molar-refractivity contribution in [3.8, 4) is 17.6 Å². The van der Waals surface area contributed by atoms with Crippen molar-refractivity contribution in [2.45, 2.75) is 45.5 Å². The number of nitrogens with zero attached hydrogens (tertiary/aromatic N) is 2. The molecule has 0 radical (unpaired) electrons. The van der Waals surface area contributed by atoms with E-state index in [9.17, 15) is 13.2 Å². The Bertz CT molecular complexity index is 863. The molecule has 2 aromatic rings. The number of alkyl halides is 2. The van der Waals surface area contributed by atoms with Gasteiger partial charge < -0.3 is 9.47 Å². The zero-order valence-electron chi connectivity index (χ0n) is 15.5. The van der Waals surface area contributed by atoms with Crippen LogP contribution in [0.3, 0.4) is 0 Å². The fourth-order valence-electron chi connectivity index (χ4n) is 3.09. The van der Waals surface area contributed by atoms with E-state index in [-0.39, 0.29) is 17.3 Å². The van der Waals surface area contributed by atoms with Crippen LogP contribution in [0.5, 0.6) is 11.5 Å². The van der Waals surface area contributed by atoms with Gasteiger partial charge in [0.05, 0.1) is 18.2 Å². The molecule has 0 bridgehead atoms. The molecule has 7 heteroatoms. The van der Waals surface area contributed by atoms with Gasteiger partial charge in [-0.25, -0.2) is 4.39 Å². The first-order valence-electron chi connectivity index (χ1n) is 9.13. The summed E-state index contributed by atoms with van der Waals surface area (Å²) in [6.45, 7) is 0.0339. The van der Waals surface area contributed by atoms with Gasteiger partial charge in [0.2, 0.25) is 0 Å². The zero-order valence-corrected chi connectivity index (χ0v) is 15.5. The summed E-state index contributed by atoms with van der Waals surface area (Å²) in [6, 6.07) is 11.5. The van der Waals surface area contributed by atoms with Crippen molar-refractivity contribution in [3.63, 3.8) is 0 Å². The number of halogens is 3. The number of benzene rings is 2. The molecule has 28 heavy (non-hydrogen) atoms. The fourth-order valence-corrected chi connectivity index (χ4v) is 3.09. The standard InChI is InChI=1S/C21H21F3N2O2/c1-2-27-20-10-15(4-8-19(20)28-21(23)24)12-26(17-5-6-17)13-16-9-14(11-25)3-7-18(16)22/h3-4,7-10,17,21H,2,5-6,12-13H2,1H3. The van der Waals surface area contributed by atoms with Crippen LogP contribution in [0.15, 0.2) is 36.4 Å². The first-order valence-corrected chi connectivity index (χ1v) is 9.13. The quantitative estimate of drug-likeness (QED) is 0.613. The minimum absolute atomic E-state index is 0.00802. The Morgan fingerprint density at radius 3 is 2.57 bits per heavy atom. The number of rotatable bonds is 9. The van der Waals surface area contributed by atoms with Gasteiger partial charge in [-0.2, -0.15) is 14.0 Å². The third-order valence-corrected chi connectivity index (χ3v) is 4.52. The normalized spacial score (nSPS) is 13.6. The summed E-state index contributed by atoms with van der Waals surface area (Å²) in [5.41, 5.74) is 1.74. The summed E-state index contributed by atoms with van der Waals surface area (Å²) in [7, 11) is 0. The first-order chi connectivity index (χ1) is 13.5. The van der Waals surface area contributed by atoms with Gasteiger partial charge in [0, 0.05) is 24.7 Å². The predicted molar refractivity (Wildman–Crippen MR) is 97.6 cm³/mol. The predicted octanol–water partition coefficient (Wildman–Crippen LogP) is 4.86. The molecular formula is C21H21F3N2O2. The van der Waals surface area contributed by atoms with Crippen LogP contribution in [-0.2, 0) is 13.1 Å². The maximum atomic E-state index is 14.2. The number of hydrogen-bond acceptors (Lipinski definition) is 4. The van der Waals surface area contributed by atoms with Crippen molar-refractivity contribution >= 4 is 0 Å². The number of hydrogen-bond donors (Lipinski definition) is 0. The lowest BCUT2D eigenvalue weighted by molar-refractivity contribution is -0.0514. The zero-order chi connectivity index (χ0) is 20.1. The van der Waals surface area contributed by atoms with Gasteiger partial charge in [0.25, 0.3) is 0 Å². The molecule has 2 aromatic carbocycles. The Labute approximate surface area is 162 Å². The monoisotopic (exact) mass is 390 g/mol. The smallest absolute Gasteiger partial charge is 0.387 e. The van der Waals surface area contributed by atoms with Gasteiger partial charge in [-0.05, 0) is 55.7 Å². The number of ether oxygens (including phenoxy) is 2. The van der Waals surface area contributed by atoms with E-state index < -0.39 is 6.61 Å².